The number of carbonyl (C=O) groups is 2. The fraction of sp³-hybridized carbons (Fsp3) is 0.500. The molecule has 1 aromatic heterocycles. The average Bonchev–Trinajstić information content (AvgIpc) is 3.09. The van der Waals surface area contributed by atoms with E-state index in [2.05, 4.69) is 25.3 Å². The Balaban J connectivity index is 2.16. The van der Waals surface area contributed by atoms with Crippen LogP contribution in [0.1, 0.15) is 56.0 Å². The molecule has 0 aliphatic heterocycles. The van der Waals surface area contributed by atoms with Gasteiger partial charge in [0.05, 0.1) is 13.1 Å². The summed E-state index contributed by atoms with van der Waals surface area (Å²) >= 11 is 1.68. The maximum atomic E-state index is 13.3. The van der Waals surface area contributed by atoms with Gasteiger partial charge in [0.25, 0.3) is 0 Å². The van der Waals surface area contributed by atoms with Crippen LogP contribution in [0, 0.1) is 12.8 Å². The van der Waals surface area contributed by atoms with E-state index in [1.807, 2.05) is 49.1 Å². The van der Waals surface area contributed by atoms with Gasteiger partial charge in [-0.15, -0.1) is 11.3 Å². The number of rotatable bonds is 11. The van der Waals surface area contributed by atoms with E-state index in [0.717, 1.165) is 18.4 Å². The molecule has 0 aliphatic rings. The smallest absolute Gasteiger partial charge is 0.242 e. The first-order chi connectivity index (χ1) is 13.9. The van der Waals surface area contributed by atoms with Gasteiger partial charge in [-0.2, -0.15) is 0 Å². The second kappa shape index (κ2) is 11.8. The Morgan fingerprint density at radius 3 is 2.31 bits per heavy atom. The molecule has 5 heteroatoms. The van der Waals surface area contributed by atoms with Gasteiger partial charge >= 0.3 is 0 Å². The molecule has 0 bridgehead atoms. The number of aryl methyl sites for hydroxylation is 1. The Hall–Kier alpha value is -2.14. The largest absolute Gasteiger partial charge is 0.333 e. The van der Waals surface area contributed by atoms with E-state index < -0.39 is 0 Å². The van der Waals surface area contributed by atoms with Crippen molar-refractivity contribution < 1.29 is 9.59 Å². The standard InChI is InChI=1S/C24H34N2O2S/c1-5-6-13-25(23(27)15-19(2)3)18-24(28)26(16-21-10-8-7-9-11-21)17-22-20(4)12-14-29-22/h7-12,14,19H,5-6,13,15-18H2,1-4H3. The van der Waals surface area contributed by atoms with E-state index in [1.165, 1.54) is 10.4 Å². The third kappa shape index (κ3) is 7.65. The second-order valence-corrected chi connectivity index (χ2v) is 9.03. The van der Waals surface area contributed by atoms with Crippen molar-refractivity contribution in [2.24, 2.45) is 5.92 Å². The minimum atomic E-state index is 0.00913. The predicted octanol–water partition coefficient (Wildman–Crippen LogP) is 5.26. The van der Waals surface area contributed by atoms with Crippen molar-refractivity contribution in [2.45, 2.75) is 60.0 Å². The van der Waals surface area contributed by atoms with Crippen LogP contribution in [0.15, 0.2) is 41.8 Å². The first kappa shape index (κ1) is 23.1. The van der Waals surface area contributed by atoms with Gasteiger partial charge in [0, 0.05) is 24.4 Å². The number of thiophene rings is 1. The minimum absolute atomic E-state index is 0.00913. The van der Waals surface area contributed by atoms with E-state index in [1.54, 1.807) is 16.2 Å². The zero-order valence-electron chi connectivity index (χ0n) is 18.2. The molecule has 0 N–H and O–H groups in total. The highest BCUT2D eigenvalue weighted by Crippen LogP contribution is 2.20. The van der Waals surface area contributed by atoms with Crippen molar-refractivity contribution >= 4 is 23.2 Å². The molecule has 2 aromatic rings. The van der Waals surface area contributed by atoms with Gasteiger partial charge in [0.15, 0.2) is 0 Å². The number of carbonyl (C=O) groups excluding carboxylic acids is 2. The summed E-state index contributed by atoms with van der Waals surface area (Å²) in [7, 11) is 0. The van der Waals surface area contributed by atoms with E-state index in [4.69, 9.17) is 0 Å². The molecule has 29 heavy (non-hydrogen) atoms. The van der Waals surface area contributed by atoms with Gasteiger partial charge in [-0.05, 0) is 41.8 Å². The lowest BCUT2D eigenvalue weighted by Crippen LogP contribution is -2.43. The number of nitrogens with zero attached hydrogens (tertiary/aromatic N) is 2. The number of benzene rings is 1. The lowest BCUT2D eigenvalue weighted by Gasteiger charge is -2.28. The van der Waals surface area contributed by atoms with Crippen molar-refractivity contribution in [3.63, 3.8) is 0 Å². The molecule has 0 radical (unpaired) electrons. The predicted molar refractivity (Wildman–Crippen MR) is 121 cm³/mol. The molecule has 0 fully saturated rings. The fourth-order valence-corrected chi connectivity index (χ4v) is 4.08. The summed E-state index contributed by atoms with van der Waals surface area (Å²) in [5.74, 6) is 0.375. The molecular weight excluding hydrogens is 380 g/mol. The highest BCUT2D eigenvalue weighted by atomic mass is 32.1. The Morgan fingerprint density at radius 2 is 1.72 bits per heavy atom. The molecule has 1 aromatic carbocycles. The quantitative estimate of drug-likeness (QED) is 0.503. The van der Waals surface area contributed by atoms with Crippen LogP contribution in [0.3, 0.4) is 0 Å². The van der Waals surface area contributed by atoms with Crippen molar-refractivity contribution in [3.05, 3.63) is 57.8 Å². The topological polar surface area (TPSA) is 40.6 Å². The molecule has 0 aliphatic carbocycles. The molecule has 2 rings (SSSR count). The molecule has 158 valence electrons. The second-order valence-electron chi connectivity index (χ2n) is 8.03. The molecule has 0 atom stereocenters. The van der Waals surface area contributed by atoms with E-state index in [9.17, 15) is 9.59 Å². The van der Waals surface area contributed by atoms with Gasteiger partial charge in [-0.3, -0.25) is 9.59 Å². The first-order valence-corrected chi connectivity index (χ1v) is 11.4. The van der Waals surface area contributed by atoms with Crippen LogP contribution in [-0.2, 0) is 22.7 Å². The van der Waals surface area contributed by atoms with Gasteiger partial charge in [0.2, 0.25) is 11.8 Å². The summed E-state index contributed by atoms with van der Waals surface area (Å²) < 4.78 is 0. The molecule has 0 spiro atoms. The lowest BCUT2D eigenvalue weighted by molar-refractivity contribution is -0.141. The Bertz CT molecular complexity index is 770. The monoisotopic (exact) mass is 414 g/mol. The van der Waals surface area contributed by atoms with Crippen molar-refractivity contribution in [2.75, 3.05) is 13.1 Å². The number of amides is 2. The van der Waals surface area contributed by atoms with E-state index >= 15 is 0 Å². The van der Waals surface area contributed by atoms with E-state index in [0.29, 0.717) is 26.1 Å². The maximum Gasteiger partial charge on any atom is 0.242 e. The summed E-state index contributed by atoms with van der Waals surface area (Å²) in [4.78, 5) is 30.8. The first-order valence-electron chi connectivity index (χ1n) is 10.5. The number of unbranched alkanes of at least 4 members (excludes halogenated alkanes) is 1. The van der Waals surface area contributed by atoms with Crippen molar-refractivity contribution in [3.8, 4) is 0 Å². The molecule has 4 nitrogen and oxygen atoms in total. The van der Waals surface area contributed by atoms with Crippen LogP contribution >= 0.6 is 11.3 Å². The Morgan fingerprint density at radius 1 is 1.00 bits per heavy atom. The summed E-state index contributed by atoms with van der Waals surface area (Å²) in [5, 5.41) is 2.07. The van der Waals surface area contributed by atoms with Crippen LogP contribution in [0.5, 0.6) is 0 Å². The molecule has 1 heterocycles. The minimum Gasteiger partial charge on any atom is -0.333 e. The third-order valence-corrected chi connectivity index (χ3v) is 5.92. The van der Waals surface area contributed by atoms with Crippen molar-refractivity contribution in [1.82, 2.24) is 9.80 Å². The van der Waals surface area contributed by atoms with Gasteiger partial charge < -0.3 is 9.80 Å². The van der Waals surface area contributed by atoms with Crippen molar-refractivity contribution in [1.29, 1.82) is 0 Å². The van der Waals surface area contributed by atoms with Crippen LogP contribution in [0.25, 0.3) is 0 Å². The van der Waals surface area contributed by atoms with Gasteiger partial charge in [0.1, 0.15) is 0 Å². The van der Waals surface area contributed by atoms with Gasteiger partial charge in [-0.1, -0.05) is 57.5 Å². The summed E-state index contributed by atoms with van der Waals surface area (Å²) in [6.45, 7) is 10.2. The van der Waals surface area contributed by atoms with Crippen LogP contribution in [0.4, 0.5) is 0 Å². The summed E-state index contributed by atoms with van der Waals surface area (Å²) in [6.07, 6.45) is 2.40. The molecular formula is C24H34N2O2S. The van der Waals surface area contributed by atoms with Crippen LogP contribution in [0.2, 0.25) is 0 Å². The molecule has 0 unspecified atom stereocenters. The van der Waals surface area contributed by atoms with Crippen LogP contribution < -0.4 is 0 Å². The summed E-state index contributed by atoms with van der Waals surface area (Å²) in [6, 6.07) is 12.1. The lowest BCUT2D eigenvalue weighted by atomic mass is 10.1. The zero-order chi connectivity index (χ0) is 21.2. The average molecular weight is 415 g/mol. The molecule has 0 saturated heterocycles. The molecule has 2 amide bonds. The highest BCUT2D eigenvalue weighted by Gasteiger charge is 2.22. The van der Waals surface area contributed by atoms with E-state index in [-0.39, 0.29) is 24.3 Å². The Kier molecular flexibility index (Phi) is 9.39. The SMILES string of the molecule is CCCCN(CC(=O)N(Cc1ccccc1)Cc1sccc1C)C(=O)CC(C)C. The number of hydrogen-bond acceptors (Lipinski definition) is 3. The van der Waals surface area contributed by atoms with Gasteiger partial charge in [-0.25, -0.2) is 0 Å². The Labute approximate surface area is 179 Å². The summed E-state index contributed by atoms with van der Waals surface area (Å²) in [5.41, 5.74) is 2.31. The normalized spacial score (nSPS) is 10.9. The molecule has 0 saturated carbocycles. The fourth-order valence-electron chi connectivity index (χ4n) is 3.16. The highest BCUT2D eigenvalue weighted by molar-refractivity contribution is 7.10. The zero-order valence-corrected chi connectivity index (χ0v) is 19.0. The maximum absolute atomic E-state index is 13.3. The third-order valence-electron chi connectivity index (χ3n) is 4.91. The van der Waals surface area contributed by atoms with Crippen LogP contribution in [-0.4, -0.2) is 34.7 Å². The number of hydrogen-bond donors (Lipinski definition) is 0.